The van der Waals surface area contributed by atoms with Crippen LogP contribution in [0.3, 0.4) is 0 Å². The first kappa shape index (κ1) is 20.3. The standard InChI is InChI=1S/C22H30N2O4/c1-24(2)10-11-28-21-14-17-15(12-20(21)27-5)8-9-23-22(17)16-6-7-18(25-3)19(13-16)26-4/h6-7,12-14,22-23H,8-11H2,1-5H3. The van der Waals surface area contributed by atoms with E-state index in [2.05, 4.69) is 28.4 Å². The van der Waals surface area contributed by atoms with Gasteiger partial charge in [0, 0.05) is 13.1 Å². The monoisotopic (exact) mass is 386 g/mol. The van der Waals surface area contributed by atoms with Crippen LogP contribution in [0.4, 0.5) is 0 Å². The fourth-order valence-corrected chi connectivity index (χ4v) is 3.50. The highest BCUT2D eigenvalue weighted by Crippen LogP contribution is 2.39. The third-order valence-electron chi connectivity index (χ3n) is 5.02. The lowest BCUT2D eigenvalue weighted by Crippen LogP contribution is -2.30. The number of methoxy groups -OCH3 is 3. The Morgan fingerprint density at radius 3 is 2.32 bits per heavy atom. The minimum atomic E-state index is 0.0608. The molecule has 0 spiro atoms. The molecule has 152 valence electrons. The molecule has 3 rings (SSSR count). The maximum atomic E-state index is 6.03. The van der Waals surface area contributed by atoms with E-state index in [1.54, 1.807) is 21.3 Å². The maximum Gasteiger partial charge on any atom is 0.161 e. The van der Waals surface area contributed by atoms with E-state index < -0.39 is 0 Å². The summed E-state index contributed by atoms with van der Waals surface area (Å²) in [4.78, 5) is 2.10. The molecule has 0 amide bonds. The molecule has 0 bridgehead atoms. The Morgan fingerprint density at radius 1 is 0.929 bits per heavy atom. The van der Waals surface area contributed by atoms with Crippen LogP contribution in [0.25, 0.3) is 0 Å². The maximum absolute atomic E-state index is 6.03. The van der Waals surface area contributed by atoms with Crippen LogP contribution in [0.15, 0.2) is 30.3 Å². The molecule has 1 heterocycles. The van der Waals surface area contributed by atoms with Crippen molar-refractivity contribution in [1.29, 1.82) is 0 Å². The molecule has 1 atom stereocenters. The van der Waals surface area contributed by atoms with Gasteiger partial charge in [-0.1, -0.05) is 6.07 Å². The number of nitrogens with one attached hydrogen (secondary N) is 1. The molecule has 2 aromatic rings. The SMILES string of the molecule is COc1ccc(C2NCCc3cc(OC)c(OCCN(C)C)cc32)cc1OC. The molecule has 1 unspecified atom stereocenters. The fourth-order valence-electron chi connectivity index (χ4n) is 3.50. The summed E-state index contributed by atoms with van der Waals surface area (Å²) in [7, 11) is 9.06. The first-order valence-electron chi connectivity index (χ1n) is 9.51. The number of ether oxygens (including phenoxy) is 4. The Bertz CT molecular complexity index is 807. The molecule has 0 fully saturated rings. The van der Waals surface area contributed by atoms with Crippen molar-refractivity contribution in [1.82, 2.24) is 10.2 Å². The molecular weight excluding hydrogens is 356 g/mol. The van der Waals surface area contributed by atoms with Crippen molar-refractivity contribution < 1.29 is 18.9 Å². The van der Waals surface area contributed by atoms with E-state index in [4.69, 9.17) is 18.9 Å². The molecule has 0 radical (unpaired) electrons. The Hall–Kier alpha value is -2.44. The third-order valence-corrected chi connectivity index (χ3v) is 5.02. The van der Waals surface area contributed by atoms with Gasteiger partial charge in [-0.3, -0.25) is 0 Å². The zero-order valence-corrected chi connectivity index (χ0v) is 17.4. The number of nitrogens with zero attached hydrogens (tertiary/aromatic N) is 1. The van der Waals surface area contributed by atoms with Crippen LogP contribution in [0.1, 0.15) is 22.7 Å². The van der Waals surface area contributed by atoms with Crippen molar-refractivity contribution >= 4 is 0 Å². The molecular formula is C22H30N2O4. The van der Waals surface area contributed by atoms with Gasteiger partial charge in [0.15, 0.2) is 23.0 Å². The molecule has 1 aliphatic heterocycles. The Morgan fingerprint density at radius 2 is 1.64 bits per heavy atom. The first-order valence-corrected chi connectivity index (χ1v) is 9.51. The Kier molecular flexibility index (Phi) is 6.65. The Labute approximate surface area is 167 Å². The summed E-state index contributed by atoms with van der Waals surface area (Å²) < 4.78 is 22.5. The van der Waals surface area contributed by atoms with Gasteiger partial charge in [0.25, 0.3) is 0 Å². The second kappa shape index (κ2) is 9.17. The normalized spacial score (nSPS) is 15.9. The van der Waals surface area contributed by atoms with Gasteiger partial charge < -0.3 is 29.2 Å². The Balaban J connectivity index is 1.95. The molecule has 0 aliphatic carbocycles. The summed E-state index contributed by atoms with van der Waals surface area (Å²) >= 11 is 0. The van der Waals surface area contributed by atoms with E-state index in [1.807, 2.05) is 26.2 Å². The zero-order chi connectivity index (χ0) is 20.1. The summed E-state index contributed by atoms with van der Waals surface area (Å²) in [5.74, 6) is 3.01. The van der Waals surface area contributed by atoms with E-state index in [1.165, 1.54) is 11.1 Å². The predicted octanol–water partition coefficient (Wildman–Crippen LogP) is 2.89. The summed E-state index contributed by atoms with van der Waals surface area (Å²) in [6, 6.07) is 10.3. The highest BCUT2D eigenvalue weighted by atomic mass is 16.5. The summed E-state index contributed by atoms with van der Waals surface area (Å²) in [5.41, 5.74) is 3.61. The quantitative estimate of drug-likeness (QED) is 0.753. The van der Waals surface area contributed by atoms with Crippen LogP contribution >= 0.6 is 0 Å². The molecule has 6 heteroatoms. The number of fused-ring (bicyclic) bond motifs is 1. The second-order valence-corrected chi connectivity index (χ2v) is 7.11. The van der Waals surface area contributed by atoms with E-state index in [0.717, 1.165) is 48.1 Å². The summed E-state index contributed by atoms with van der Waals surface area (Å²) in [6.07, 6.45) is 0.952. The molecule has 0 saturated carbocycles. The molecule has 0 aromatic heterocycles. The molecule has 2 aromatic carbocycles. The summed E-state index contributed by atoms with van der Waals surface area (Å²) in [5, 5.41) is 3.62. The molecule has 6 nitrogen and oxygen atoms in total. The number of likely N-dealkylation sites (N-methyl/N-ethyl adjacent to an activating group) is 1. The van der Waals surface area contributed by atoms with Crippen molar-refractivity contribution in [3.05, 3.63) is 47.0 Å². The van der Waals surface area contributed by atoms with Crippen LogP contribution in [0, 0.1) is 0 Å². The number of benzene rings is 2. The van der Waals surface area contributed by atoms with E-state index >= 15 is 0 Å². The van der Waals surface area contributed by atoms with E-state index in [9.17, 15) is 0 Å². The smallest absolute Gasteiger partial charge is 0.161 e. The van der Waals surface area contributed by atoms with Gasteiger partial charge in [-0.15, -0.1) is 0 Å². The molecule has 0 saturated heterocycles. The second-order valence-electron chi connectivity index (χ2n) is 7.11. The van der Waals surface area contributed by atoms with Gasteiger partial charge in [0.1, 0.15) is 6.61 Å². The van der Waals surface area contributed by atoms with Crippen molar-refractivity contribution in [2.75, 3.05) is 55.1 Å². The fraction of sp³-hybridized carbons (Fsp3) is 0.455. The third kappa shape index (κ3) is 4.34. The molecule has 28 heavy (non-hydrogen) atoms. The topological polar surface area (TPSA) is 52.2 Å². The van der Waals surface area contributed by atoms with Crippen LogP contribution in [-0.4, -0.2) is 60.0 Å². The van der Waals surface area contributed by atoms with Crippen molar-refractivity contribution in [3.63, 3.8) is 0 Å². The zero-order valence-electron chi connectivity index (χ0n) is 17.4. The first-order chi connectivity index (χ1) is 13.6. The van der Waals surface area contributed by atoms with Crippen molar-refractivity contribution in [3.8, 4) is 23.0 Å². The summed E-state index contributed by atoms with van der Waals surface area (Å²) in [6.45, 7) is 2.35. The largest absolute Gasteiger partial charge is 0.493 e. The van der Waals surface area contributed by atoms with Crippen LogP contribution < -0.4 is 24.3 Å². The van der Waals surface area contributed by atoms with Crippen LogP contribution in [-0.2, 0) is 6.42 Å². The highest BCUT2D eigenvalue weighted by molar-refractivity contribution is 5.53. The number of hydrogen-bond donors (Lipinski definition) is 1. The van der Waals surface area contributed by atoms with Gasteiger partial charge in [0.05, 0.1) is 27.4 Å². The average Bonchev–Trinajstić information content (AvgIpc) is 2.72. The predicted molar refractivity (Wildman–Crippen MR) is 110 cm³/mol. The molecule has 1 N–H and O–H groups in total. The minimum Gasteiger partial charge on any atom is -0.493 e. The van der Waals surface area contributed by atoms with E-state index in [-0.39, 0.29) is 6.04 Å². The van der Waals surface area contributed by atoms with E-state index in [0.29, 0.717) is 6.61 Å². The number of rotatable bonds is 8. The van der Waals surface area contributed by atoms with Gasteiger partial charge in [-0.25, -0.2) is 0 Å². The van der Waals surface area contributed by atoms with Crippen LogP contribution in [0.5, 0.6) is 23.0 Å². The highest BCUT2D eigenvalue weighted by Gasteiger charge is 2.25. The lowest BCUT2D eigenvalue weighted by Gasteiger charge is -2.29. The van der Waals surface area contributed by atoms with Crippen molar-refractivity contribution in [2.24, 2.45) is 0 Å². The average molecular weight is 386 g/mol. The van der Waals surface area contributed by atoms with Crippen LogP contribution in [0.2, 0.25) is 0 Å². The van der Waals surface area contributed by atoms with Crippen molar-refractivity contribution in [2.45, 2.75) is 12.5 Å². The molecule has 1 aliphatic rings. The lowest BCUT2D eigenvalue weighted by molar-refractivity contribution is 0.250. The van der Waals surface area contributed by atoms with Gasteiger partial charge in [0.2, 0.25) is 0 Å². The van der Waals surface area contributed by atoms with Gasteiger partial charge in [-0.05, 0) is 61.5 Å². The van der Waals surface area contributed by atoms with Gasteiger partial charge >= 0.3 is 0 Å². The lowest BCUT2D eigenvalue weighted by atomic mass is 9.89. The number of hydrogen-bond acceptors (Lipinski definition) is 6. The minimum absolute atomic E-state index is 0.0608. The van der Waals surface area contributed by atoms with Gasteiger partial charge in [-0.2, -0.15) is 0 Å².